The number of aldehydes is 1. The summed E-state index contributed by atoms with van der Waals surface area (Å²) in [6.07, 6.45) is 6.86. The average Bonchev–Trinajstić information content (AvgIpc) is 1.68. The molecule has 32 heteroatoms. The number of hydrogen-bond donors (Lipinski definition) is 16. The molecule has 1 aliphatic heterocycles. The number of benzene rings is 4. The van der Waals surface area contributed by atoms with Gasteiger partial charge >= 0.3 is 5.97 Å². The quantitative estimate of drug-likeness (QED) is 0.0188. The third-order valence-electron chi connectivity index (χ3n) is 17.9. The molecule has 9 atom stereocenters. The number of nitrogens with one attached hydrogen (secondary N) is 13. The Morgan fingerprint density at radius 1 is 0.660 bits per heavy atom. The Morgan fingerprint density at radius 2 is 1.27 bits per heavy atom. The maximum absolute atomic E-state index is 14.7. The molecule has 0 bridgehead atoms. The van der Waals surface area contributed by atoms with Gasteiger partial charge in [0.1, 0.15) is 65.5 Å². The van der Waals surface area contributed by atoms with Crippen LogP contribution in [0, 0.1) is 11.6 Å². The number of phenolic OH excluding ortho intramolecular Hbond substituents is 1. The van der Waals surface area contributed by atoms with Crippen LogP contribution >= 0.6 is 0 Å². The molecule has 0 radical (unpaired) electrons. The third-order valence-corrected chi connectivity index (χ3v) is 17.9. The maximum Gasteiger partial charge on any atom is 0.305 e. The van der Waals surface area contributed by atoms with Crippen molar-refractivity contribution < 1.29 is 76.5 Å². The summed E-state index contributed by atoms with van der Waals surface area (Å²) in [5, 5.41) is 47.0. The van der Waals surface area contributed by atoms with E-state index in [2.05, 4.69) is 73.1 Å². The summed E-state index contributed by atoms with van der Waals surface area (Å²) in [7, 11) is 1.66. The highest BCUT2D eigenvalue weighted by molar-refractivity contribution is 5.99. The van der Waals surface area contributed by atoms with Crippen LogP contribution in [-0.4, -0.2) is 187 Å². The number of rotatable bonds is 38. The van der Waals surface area contributed by atoms with E-state index in [0.29, 0.717) is 96.7 Å². The summed E-state index contributed by atoms with van der Waals surface area (Å²) in [4.78, 5) is 175. The number of primary amides is 1. The summed E-state index contributed by atoms with van der Waals surface area (Å²) in [5.41, 5.74) is 8.90. The predicted octanol–water partition coefficient (Wildman–Crippen LogP) is 0.807. The van der Waals surface area contributed by atoms with Crippen molar-refractivity contribution in [1.29, 1.82) is 0 Å². The molecule has 1 fully saturated rings. The molecule has 3 aromatic heterocycles. The number of likely N-dealkylation sites (tertiary alicyclic amines) is 1. The second kappa shape index (κ2) is 36.3. The van der Waals surface area contributed by atoms with Crippen molar-refractivity contribution >= 4 is 93.1 Å². The Morgan fingerprint density at radius 3 is 1.92 bits per heavy atom. The summed E-state index contributed by atoms with van der Waals surface area (Å²) in [6, 6.07) is 11.1. The first kappa shape index (κ1) is 77.3. The van der Waals surface area contributed by atoms with Crippen LogP contribution in [0.1, 0.15) is 92.8 Å². The normalized spacial score (nSPS) is 15.8. The van der Waals surface area contributed by atoms with E-state index in [-0.39, 0.29) is 43.8 Å². The highest BCUT2D eigenvalue weighted by Gasteiger charge is 2.48. The van der Waals surface area contributed by atoms with Crippen molar-refractivity contribution in [2.24, 2.45) is 5.73 Å². The first-order valence-corrected chi connectivity index (χ1v) is 33.6. The van der Waals surface area contributed by atoms with Gasteiger partial charge in [-0.15, -0.1) is 0 Å². The van der Waals surface area contributed by atoms with Crippen LogP contribution in [0.4, 0.5) is 8.78 Å². The monoisotopic (exact) mass is 1420 g/mol. The number of aliphatic carboxylic acids is 1. The number of amides is 10. The Balaban J connectivity index is 0.835. The topological polar surface area (TPSA) is 455 Å². The van der Waals surface area contributed by atoms with E-state index in [1.165, 1.54) is 81.2 Å². The number of hydrogen-bond acceptors (Lipinski definition) is 16. The lowest BCUT2D eigenvalue weighted by Crippen LogP contribution is -2.61. The summed E-state index contributed by atoms with van der Waals surface area (Å²) in [5.74, 6) is -10.3. The van der Waals surface area contributed by atoms with Gasteiger partial charge in [-0.2, -0.15) is 0 Å². The van der Waals surface area contributed by atoms with Crippen molar-refractivity contribution in [3.8, 4) is 5.75 Å². The standard InChI is InChI=1S/C71H86F2N16O14/c1-39(82-65(98)54(83-40(2)91)8-5-6-22-76-32-43-11-9-41(10-12-43)24-56(63(74)96)88-70(103)71(3)21-7-23-89(71)69(102)60(75-4)25-42-13-17-50(92)18-14-42)64(97)80-36-61(93)85-57(27-45-34-78-53-20-16-46(72)28-52(45)53)67(100)86-58(26-44-33-79-55-29-47(73)15-19-51(44)55)68(101)87-59(31-62(94)95)66(99)84-49(37-90)30-48-35-77-38-81-48/h9-20,28-29,33-35,37-39,49,54,56-60,75-76,78-79,92H,5-8,21-27,30-32,36H2,1-4H3,(H2,74,96)(H,77,81)(H,80,97)(H,82,98)(H,83,91)(H,84,99)(H,85,93)(H,86,100)(H,87,101)(H,88,103)(H,94,95)/t39-,49-,54-,56-,57-,58-,59-,60-,71-/m0/s1. The van der Waals surface area contributed by atoms with Crippen molar-refractivity contribution in [3.63, 3.8) is 0 Å². The Labute approximate surface area is 590 Å². The molecule has 0 spiro atoms. The van der Waals surface area contributed by atoms with Crippen molar-refractivity contribution in [3.05, 3.63) is 155 Å². The van der Waals surface area contributed by atoms with E-state index in [0.717, 1.165) is 22.8 Å². The lowest BCUT2D eigenvalue weighted by atomic mass is 9.94. The molecule has 4 aromatic carbocycles. The Bertz CT molecular complexity index is 4190. The average molecular weight is 1430 g/mol. The number of carbonyl (C=O) groups is 12. The fraction of sp³-hybridized carbons (Fsp3) is 0.394. The molecule has 30 nitrogen and oxygen atoms in total. The van der Waals surface area contributed by atoms with Gasteiger partial charge in [0, 0.05) is 91.8 Å². The number of H-pyrrole nitrogens is 3. The van der Waals surface area contributed by atoms with Crippen molar-refractivity contribution in [2.75, 3.05) is 26.7 Å². The van der Waals surface area contributed by atoms with Gasteiger partial charge in [-0.05, 0) is 142 Å². The second-order valence-electron chi connectivity index (χ2n) is 25.7. The predicted molar refractivity (Wildman–Crippen MR) is 371 cm³/mol. The van der Waals surface area contributed by atoms with Gasteiger partial charge in [0.15, 0.2) is 0 Å². The number of fused-ring (bicyclic) bond motifs is 2. The zero-order valence-electron chi connectivity index (χ0n) is 57.2. The maximum atomic E-state index is 14.7. The second-order valence-corrected chi connectivity index (χ2v) is 25.7. The number of aromatic amines is 3. The fourth-order valence-electron chi connectivity index (χ4n) is 12.3. The zero-order valence-corrected chi connectivity index (χ0v) is 57.2. The molecule has 103 heavy (non-hydrogen) atoms. The van der Waals surface area contributed by atoms with Crippen LogP contribution in [0.2, 0.25) is 0 Å². The third kappa shape index (κ3) is 21.8. The largest absolute Gasteiger partial charge is 0.508 e. The molecule has 7 aromatic rings. The van der Waals surface area contributed by atoms with E-state index in [9.17, 15) is 76.5 Å². The molecule has 0 saturated carbocycles. The fourth-order valence-corrected chi connectivity index (χ4v) is 12.3. The van der Waals surface area contributed by atoms with E-state index in [1.54, 1.807) is 31.0 Å². The van der Waals surface area contributed by atoms with Crippen molar-refractivity contribution in [1.82, 2.24) is 78.0 Å². The van der Waals surface area contributed by atoms with Gasteiger partial charge in [-0.3, -0.25) is 52.7 Å². The van der Waals surface area contributed by atoms with Gasteiger partial charge in [-0.25, -0.2) is 13.8 Å². The minimum atomic E-state index is -1.82. The highest BCUT2D eigenvalue weighted by Crippen LogP contribution is 2.31. The molecule has 10 amide bonds. The van der Waals surface area contributed by atoms with Crippen molar-refractivity contribution in [2.45, 2.75) is 152 Å². The lowest BCUT2D eigenvalue weighted by Gasteiger charge is -2.37. The molecule has 0 aliphatic carbocycles. The molecule has 17 N–H and O–H groups in total. The summed E-state index contributed by atoms with van der Waals surface area (Å²) in [6.45, 7) is 4.76. The number of carbonyl (C=O) groups excluding carboxylic acids is 11. The van der Waals surface area contributed by atoms with Gasteiger partial charge < -0.3 is 93.8 Å². The highest BCUT2D eigenvalue weighted by atomic mass is 19.1. The number of aromatic hydroxyl groups is 1. The van der Waals surface area contributed by atoms with Crippen LogP contribution in [0.5, 0.6) is 5.75 Å². The molecule has 4 heterocycles. The first-order valence-electron chi connectivity index (χ1n) is 33.6. The molecule has 1 saturated heterocycles. The van der Waals surface area contributed by atoms with Crippen LogP contribution in [0.25, 0.3) is 21.8 Å². The molecular formula is C71H86F2N16O14. The number of phenols is 1. The minimum Gasteiger partial charge on any atom is -0.508 e. The van der Waals surface area contributed by atoms with E-state index in [4.69, 9.17) is 5.73 Å². The van der Waals surface area contributed by atoms with E-state index < -0.39 is 138 Å². The lowest BCUT2D eigenvalue weighted by molar-refractivity contribution is -0.146. The smallest absolute Gasteiger partial charge is 0.305 e. The molecule has 0 unspecified atom stereocenters. The van der Waals surface area contributed by atoms with Crippen LogP contribution < -0.4 is 58.9 Å². The number of imidazole rings is 1. The molecular weight excluding hydrogens is 1340 g/mol. The summed E-state index contributed by atoms with van der Waals surface area (Å²) < 4.78 is 29.0. The Kier molecular flexibility index (Phi) is 27.2. The number of carboxylic acid groups (broad SMARTS) is 1. The van der Waals surface area contributed by atoms with Gasteiger partial charge in [0.25, 0.3) is 0 Å². The van der Waals surface area contributed by atoms with Crippen LogP contribution in [0.3, 0.4) is 0 Å². The molecule has 548 valence electrons. The Hall–Kier alpha value is -11.4. The number of aromatic nitrogens is 4. The summed E-state index contributed by atoms with van der Waals surface area (Å²) >= 11 is 0. The van der Waals surface area contributed by atoms with Gasteiger partial charge in [-0.1, -0.05) is 36.4 Å². The number of likely N-dealkylation sites (N-methyl/N-ethyl adjacent to an activating group) is 1. The number of nitrogens with zero attached hydrogens (tertiary/aromatic N) is 2. The SMILES string of the molecule is CN[C@@H](Cc1ccc(O)cc1)C(=O)N1CCC[C@@]1(C)C(=O)N[C@@H](Cc1ccc(CNCCCC[C@H](NC(C)=O)C(=O)N[C@@H](C)C(=O)NCC(=O)N[C@@H](Cc2c[nH]c3ccc(F)cc23)C(=O)N[C@@H](Cc2c[nH]c3cc(F)ccc23)C(=O)N[C@@H](CC(=O)O)C(=O)N[C@H](C=O)Cc2cnc[nH]2)cc1)C(N)=O. The minimum absolute atomic E-state index is 0.0690. The van der Waals surface area contributed by atoms with E-state index in [1.807, 2.05) is 24.3 Å². The zero-order chi connectivity index (χ0) is 74.5. The first-order chi connectivity index (χ1) is 49.2. The van der Waals surface area contributed by atoms with Gasteiger partial charge in [0.2, 0.25) is 59.1 Å². The number of nitrogens with two attached hydrogens (primary N) is 1. The van der Waals surface area contributed by atoms with Gasteiger partial charge in [0.05, 0.1) is 31.4 Å². The van der Waals surface area contributed by atoms with E-state index >= 15 is 0 Å². The number of halogens is 2. The molecule has 1 aliphatic rings. The van der Waals surface area contributed by atoms with Crippen LogP contribution in [-0.2, 0) is 96.2 Å². The number of carboxylic acids is 1. The molecule has 8 rings (SSSR count). The van der Waals surface area contributed by atoms with Crippen LogP contribution in [0.15, 0.2) is 110 Å². The number of unbranched alkanes of at least 4 members (excludes halogenated alkanes) is 1.